The van der Waals surface area contributed by atoms with Crippen LogP contribution in [0.5, 0.6) is 0 Å². The van der Waals surface area contributed by atoms with E-state index in [4.69, 9.17) is 11.6 Å². The molecule has 2 aromatic carbocycles. The van der Waals surface area contributed by atoms with Crippen LogP contribution in [0.2, 0.25) is 5.02 Å². The van der Waals surface area contributed by atoms with Crippen LogP contribution in [0.3, 0.4) is 0 Å². The van der Waals surface area contributed by atoms with E-state index < -0.39 is 22.1 Å². The predicted molar refractivity (Wildman–Crippen MR) is 130 cm³/mol. The summed E-state index contributed by atoms with van der Waals surface area (Å²) in [6.07, 6.45) is 6.67. The summed E-state index contributed by atoms with van der Waals surface area (Å²) < 4.78 is 44.3. The molecule has 2 fully saturated rings. The first-order valence-electron chi connectivity index (χ1n) is 12.0. The molecule has 5 rings (SSSR count). The van der Waals surface area contributed by atoms with Gasteiger partial charge >= 0.3 is 0 Å². The minimum Gasteiger partial charge on any atom is -0.366 e. The maximum Gasteiger partial charge on any atom is 0.242 e. The molecular weight excluding hydrogens is 479 g/mol. The lowest BCUT2D eigenvalue weighted by atomic mass is 9.83. The average Bonchev–Trinajstić information content (AvgIpc) is 2.87. The molecule has 2 saturated carbocycles. The maximum absolute atomic E-state index is 14.0. The normalized spacial score (nSPS) is 23.4. The van der Waals surface area contributed by atoms with Gasteiger partial charge in [-0.15, -0.1) is 0 Å². The van der Waals surface area contributed by atoms with Crippen molar-refractivity contribution in [2.45, 2.75) is 74.6 Å². The second-order valence-electron chi connectivity index (χ2n) is 9.77. The lowest BCUT2D eigenvalue weighted by Crippen LogP contribution is -2.50. The third-order valence-electron chi connectivity index (χ3n) is 7.67. The van der Waals surface area contributed by atoms with Crippen molar-refractivity contribution < 1.29 is 23.0 Å². The number of aliphatic hydroxyl groups excluding tert-OH is 1. The van der Waals surface area contributed by atoms with Gasteiger partial charge in [-0.3, -0.25) is 0 Å². The standard InChI is InChI=1S/C25H30ClFN2O4S/c26-20-13-23-24(12-18(20)16-9-10-21(27)19(11-16)25(30)31)34(32,33)28-22(15-5-2-1-3-6-15)14-29(23)17-7-4-8-17/h9-13,15,17,22,25,28,30-31H,1-8,14H2. The van der Waals surface area contributed by atoms with Gasteiger partial charge in [0.05, 0.1) is 10.7 Å². The molecule has 0 spiro atoms. The molecule has 0 saturated heterocycles. The molecule has 3 aliphatic rings. The second-order valence-corrected chi connectivity index (χ2v) is 11.9. The Morgan fingerprint density at radius 1 is 1.03 bits per heavy atom. The number of sulfonamides is 1. The van der Waals surface area contributed by atoms with E-state index >= 15 is 0 Å². The van der Waals surface area contributed by atoms with E-state index in [1.165, 1.54) is 24.6 Å². The highest BCUT2D eigenvalue weighted by molar-refractivity contribution is 7.89. The summed E-state index contributed by atoms with van der Waals surface area (Å²) in [6.45, 7) is 0.620. The molecule has 1 heterocycles. The Labute approximate surface area is 204 Å². The van der Waals surface area contributed by atoms with Crippen LogP contribution in [0.1, 0.15) is 63.2 Å². The molecule has 2 aromatic rings. The van der Waals surface area contributed by atoms with E-state index in [9.17, 15) is 23.0 Å². The minimum atomic E-state index is -3.83. The van der Waals surface area contributed by atoms with E-state index in [2.05, 4.69) is 9.62 Å². The van der Waals surface area contributed by atoms with Crippen LogP contribution in [-0.2, 0) is 10.0 Å². The van der Waals surface area contributed by atoms with Crippen LogP contribution >= 0.6 is 11.6 Å². The number of nitrogens with one attached hydrogen (secondary N) is 1. The van der Waals surface area contributed by atoms with Crippen molar-refractivity contribution in [3.05, 3.63) is 46.7 Å². The zero-order valence-corrected chi connectivity index (χ0v) is 20.5. The number of benzene rings is 2. The molecule has 1 aliphatic heterocycles. The highest BCUT2D eigenvalue weighted by Crippen LogP contribution is 2.43. The monoisotopic (exact) mass is 508 g/mol. The molecule has 0 aromatic heterocycles. The quantitative estimate of drug-likeness (QED) is 0.519. The number of halogens is 2. The Kier molecular flexibility index (Phi) is 6.63. The summed E-state index contributed by atoms with van der Waals surface area (Å²) in [4.78, 5) is 2.38. The van der Waals surface area contributed by atoms with Gasteiger partial charge in [-0.1, -0.05) is 36.9 Å². The Morgan fingerprint density at radius 3 is 2.41 bits per heavy atom. The summed E-state index contributed by atoms with van der Waals surface area (Å²) in [6, 6.07) is 7.23. The van der Waals surface area contributed by atoms with Crippen LogP contribution in [0, 0.1) is 11.7 Å². The highest BCUT2D eigenvalue weighted by Gasteiger charge is 2.39. The van der Waals surface area contributed by atoms with E-state index in [1.54, 1.807) is 6.07 Å². The van der Waals surface area contributed by atoms with Crippen LogP contribution in [0.15, 0.2) is 35.2 Å². The van der Waals surface area contributed by atoms with E-state index in [0.29, 0.717) is 34.3 Å². The number of anilines is 1. The van der Waals surface area contributed by atoms with Gasteiger partial charge in [0.15, 0.2) is 6.29 Å². The van der Waals surface area contributed by atoms with Gasteiger partial charge in [-0.25, -0.2) is 17.5 Å². The van der Waals surface area contributed by atoms with Crippen molar-refractivity contribution in [3.8, 4) is 11.1 Å². The Hall–Kier alpha value is -1.71. The Bertz CT molecular complexity index is 1180. The molecule has 0 radical (unpaired) electrons. The number of nitrogens with zero attached hydrogens (tertiary/aromatic N) is 1. The summed E-state index contributed by atoms with van der Waals surface area (Å²) in [5.41, 5.74) is 1.12. The van der Waals surface area contributed by atoms with Gasteiger partial charge in [0.1, 0.15) is 10.7 Å². The van der Waals surface area contributed by atoms with Crippen molar-refractivity contribution in [2.24, 2.45) is 5.92 Å². The fraction of sp³-hybridized carbons (Fsp3) is 0.520. The van der Waals surface area contributed by atoms with Gasteiger partial charge in [-0.2, -0.15) is 0 Å². The lowest BCUT2D eigenvalue weighted by molar-refractivity contribution is -0.0449. The number of aliphatic hydroxyl groups is 2. The van der Waals surface area contributed by atoms with Gasteiger partial charge in [0, 0.05) is 29.8 Å². The van der Waals surface area contributed by atoms with E-state index in [-0.39, 0.29) is 22.5 Å². The first kappa shape index (κ1) is 24.0. The Balaban J connectivity index is 1.61. The number of hydrogen-bond acceptors (Lipinski definition) is 5. The van der Waals surface area contributed by atoms with Crippen LogP contribution in [-0.4, -0.2) is 37.3 Å². The van der Waals surface area contributed by atoms with Crippen LogP contribution < -0.4 is 9.62 Å². The average molecular weight is 509 g/mol. The summed E-state index contributed by atoms with van der Waals surface area (Å²) in [5, 5.41) is 19.4. The van der Waals surface area contributed by atoms with Crippen molar-refractivity contribution in [1.29, 1.82) is 0 Å². The fourth-order valence-electron chi connectivity index (χ4n) is 5.55. The molecule has 0 amide bonds. The molecule has 2 aliphatic carbocycles. The summed E-state index contributed by atoms with van der Waals surface area (Å²) in [7, 11) is -3.83. The fourth-order valence-corrected chi connectivity index (χ4v) is 7.33. The van der Waals surface area contributed by atoms with Crippen molar-refractivity contribution in [1.82, 2.24) is 4.72 Å². The third-order valence-corrected chi connectivity index (χ3v) is 9.50. The minimum absolute atomic E-state index is 0.160. The van der Waals surface area contributed by atoms with Gasteiger partial charge in [0.25, 0.3) is 0 Å². The van der Waals surface area contributed by atoms with E-state index in [1.807, 2.05) is 0 Å². The first-order chi connectivity index (χ1) is 16.2. The largest absolute Gasteiger partial charge is 0.366 e. The second kappa shape index (κ2) is 9.39. The molecule has 1 atom stereocenters. The molecule has 9 heteroatoms. The molecule has 6 nitrogen and oxygen atoms in total. The van der Waals surface area contributed by atoms with Gasteiger partial charge in [-0.05, 0) is 67.9 Å². The SMILES string of the molecule is O=S1(=O)NC(C2CCCCC2)CN(C2CCC2)c2cc(Cl)c(-c3ccc(F)c(C(O)O)c3)cc21. The first-order valence-corrected chi connectivity index (χ1v) is 13.9. The lowest BCUT2D eigenvalue weighted by Gasteiger charge is -2.41. The van der Waals surface area contributed by atoms with E-state index in [0.717, 1.165) is 51.0 Å². The molecule has 34 heavy (non-hydrogen) atoms. The maximum atomic E-state index is 14.0. The molecular formula is C25H30ClFN2O4S. The summed E-state index contributed by atoms with van der Waals surface area (Å²) in [5.74, 6) is -0.452. The Morgan fingerprint density at radius 2 is 1.76 bits per heavy atom. The topological polar surface area (TPSA) is 89.9 Å². The number of rotatable bonds is 4. The van der Waals surface area contributed by atoms with Crippen LogP contribution in [0.25, 0.3) is 11.1 Å². The van der Waals surface area contributed by atoms with Gasteiger partial charge < -0.3 is 15.1 Å². The molecule has 1 unspecified atom stereocenters. The zero-order chi connectivity index (χ0) is 24.0. The predicted octanol–water partition coefficient (Wildman–Crippen LogP) is 4.73. The summed E-state index contributed by atoms with van der Waals surface area (Å²) >= 11 is 6.67. The third kappa shape index (κ3) is 4.46. The number of fused-ring (bicyclic) bond motifs is 1. The van der Waals surface area contributed by atoms with Crippen LogP contribution in [0.4, 0.5) is 10.1 Å². The van der Waals surface area contributed by atoms with Crippen molar-refractivity contribution >= 4 is 27.3 Å². The smallest absolute Gasteiger partial charge is 0.242 e. The van der Waals surface area contributed by atoms with Crippen molar-refractivity contribution in [3.63, 3.8) is 0 Å². The van der Waals surface area contributed by atoms with Gasteiger partial charge in [0.2, 0.25) is 10.0 Å². The zero-order valence-electron chi connectivity index (χ0n) is 18.9. The molecule has 0 bridgehead atoms. The molecule has 184 valence electrons. The number of hydrogen-bond donors (Lipinski definition) is 3. The molecule has 3 N–H and O–H groups in total. The van der Waals surface area contributed by atoms with Crippen molar-refractivity contribution in [2.75, 3.05) is 11.4 Å². The highest BCUT2D eigenvalue weighted by atomic mass is 35.5.